The van der Waals surface area contributed by atoms with Gasteiger partial charge in [0, 0.05) is 0 Å². The molecule has 0 heterocycles. The molecule has 0 amide bonds. The van der Waals surface area contributed by atoms with Gasteiger partial charge in [0.05, 0.1) is 0 Å². The molecule has 0 spiro atoms. The van der Waals surface area contributed by atoms with Crippen LogP contribution in [0.2, 0.25) is 6.55 Å². The van der Waals surface area contributed by atoms with Gasteiger partial charge in [0.25, 0.3) is 6.69 Å². The number of hydrogen-bond acceptors (Lipinski definition) is 0. The molecule has 0 atom stereocenters. The summed E-state index contributed by atoms with van der Waals surface area (Å²) in [7, 11) is 0. The zero-order valence-electron chi connectivity index (χ0n) is 5.82. The number of halogens is 2. The molecule has 54 valence electrons. The molecular weight excluding hydrogens is 171 g/mol. The summed E-state index contributed by atoms with van der Waals surface area (Å²) in [5.74, 6) is 0. The first kappa shape index (κ1) is 9.54. The summed E-state index contributed by atoms with van der Waals surface area (Å²) in [6, 6.07) is 0. The predicted octanol–water partition coefficient (Wildman–Crippen LogP) is 3.43. The van der Waals surface area contributed by atoms with Gasteiger partial charge in [-0.1, -0.05) is 25.1 Å². The van der Waals surface area contributed by atoms with E-state index in [1.165, 1.54) is 0 Å². The van der Waals surface area contributed by atoms with Crippen LogP contribution in [0.5, 0.6) is 0 Å². The zero-order chi connectivity index (χ0) is 7.33. The Morgan fingerprint density at radius 3 is 2.33 bits per heavy atom. The third kappa shape index (κ3) is 8.54. The molecule has 9 heavy (non-hydrogen) atoms. The average Bonchev–Trinajstić information content (AvgIpc) is 1.63. The first-order chi connectivity index (χ1) is 4.06. The minimum absolute atomic E-state index is 1.09. The lowest BCUT2D eigenvalue weighted by Crippen LogP contribution is -2.07. The Hall–Kier alpha value is 0.537. The Morgan fingerprint density at radius 2 is 2.00 bits per heavy atom. The summed E-state index contributed by atoms with van der Waals surface area (Å²) < 4.78 is 0. The molecule has 0 N–H and O–H groups in total. The summed E-state index contributed by atoms with van der Waals surface area (Å²) >= 11 is 11.6. The molecule has 0 fully saturated rings. The van der Waals surface area contributed by atoms with E-state index in [1.807, 2.05) is 12.2 Å². The van der Waals surface area contributed by atoms with Crippen LogP contribution >= 0.6 is 22.2 Å². The smallest absolute Gasteiger partial charge is 0.141 e. The molecule has 0 aliphatic carbocycles. The van der Waals surface area contributed by atoms with Gasteiger partial charge < -0.3 is 0 Å². The highest BCUT2D eigenvalue weighted by Gasteiger charge is 2.14. The van der Waals surface area contributed by atoms with Gasteiger partial charge in [0.1, 0.15) is 0 Å². The van der Waals surface area contributed by atoms with Crippen molar-refractivity contribution in [3.05, 3.63) is 11.8 Å². The van der Waals surface area contributed by atoms with Crippen LogP contribution in [-0.4, -0.2) is 6.69 Å². The van der Waals surface area contributed by atoms with Crippen LogP contribution in [0.4, 0.5) is 0 Å². The topological polar surface area (TPSA) is 0 Å². The highest BCUT2D eigenvalue weighted by atomic mass is 35.7. The predicted molar refractivity (Wildman–Crippen MR) is 47.4 cm³/mol. The van der Waals surface area contributed by atoms with Gasteiger partial charge in [-0.05, 0) is 13.0 Å². The standard InChI is InChI=1S/C6H12Cl2Si/c1-3-4-5-6-9(2,7)8/h5-6H,3-4H2,1-2H3. The zero-order valence-corrected chi connectivity index (χ0v) is 8.34. The van der Waals surface area contributed by atoms with Crippen molar-refractivity contribution in [2.24, 2.45) is 0 Å². The first-order valence-electron chi connectivity index (χ1n) is 3.12. The number of rotatable bonds is 3. The summed E-state index contributed by atoms with van der Waals surface area (Å²) in [5.41, 5.74) is 1.94. The Labute approximate surface area is 67.3 Å². The van der Waals surface area contributed by atoms with Gasteiger partial charge in [-0.3, -0.25) is 0 Å². The van der Waals surface area contributed by atoms with E-state index < -0.39 is 6.69 Å². The minimum atomic E-state index is -1.93. The molecule has 0 bridgehead atoms. The van der Waals surface area contributed by atoms with Gasteiger partial charge in [-0.15, -0.1) is 22.2 Å². The molecule has 0 saturated heterocycles. The fourth-order valence-corrected chi connectivity index (χ4v) is 1.57. The molecule has 0 saturated carbocycles. The maximum atomic E-state index is 5.79. The van der Waals surface area contributed by atoms with Crippen molar-refractivity contribution in [1.29, 1.82) is 0 Å². The monoisotopic (exact) mass is 182 g/mol. The number of unbranched alkanes of at least 4 members (excludes halogenated alkanes) is 1. The van der Waals surface area contributed by atoms with Crippen LogP contribution in [0.25, 0.3) is 0 Å². The molecule has 0 aromatic rings. The lowest BCUT2D eigenvalue weighted by atomic mass is 10.3. The second-order valence-electron chi connectivity index (χ2n) is 2.15. The number of hydrogen-bond donors (Lipinski definition) is 0. The molecule has 3 heteroatoms. The largest absolute Gasteiger partial charge is 0.270 e. The lowest BCUT2D eigenvalue weighted by molar-refractivity contribution is 0.960. The molecule has 0 radical (unpaired) electrons. The van der Waals surface area contributed by atoms with Crippen LogP contribution < -0.4 is 0 Å². The summed E-state index contributed by atoms with van der Waals surface area (Å²) in [6.45, 7) is 2.09. The van der Waals surface area contributed by atoms with Crippen LogP contribution in [0, 0.1) is 0 Å². The maximum absolute atomic E-state index is 5.79. The fourth-order valence-electron chi connectivity index (χ4n) is 0.457. The van der Waals surface area contributed by atoms with Crippen LogP contribution in [0.1, 0.15) is 19.8 Å². The highest BCUT2D eigenvalue weighted by molar-refractivity contribution is 7.47. The third-order valence-electron chi connectivity index (χ3n) is 0.866. The molecule has 0 nitrogen and oxygen atoms in total. The SMILES string of the molecule is CCCC=C[Si](C)(Cl)Cl. The lowest BCUT2D eigenvalue weighted by Gasteiger charge is -1.99. The molecule has 0 aliphatic rings. The second-order valence-corrected chi connectivity index (χ2v) is 9.68. The van der Waals surface area contributed by atoms with Gasteiger partial charge in [0.15, 0.2) is 0 Å². The summed E-state index contributed by atoms with van der Waals surface area (Å²) in [5, 5.41) is 0. The Kier molecular flexibility index (Phi) is 4.63. The van der Waals surface area contributed by atoms with Crippen LogP contribution in [0.15, 0.2) is 11.8 Å². The van der Waals surface area contributed by atoms with Gasteiger partial charge in [-0.2, -0.15) is 0 Å². The van der Waals surface area contributed by atoms with Gasteiger partial charge in [0.2, 0.25) is 0 Å². The average molecular weight is 183 g/mol. The van der Waals surface area contributed by atoms with E-state index in [-0.39, 0.29) is 0 Å². The van der Waals surface area contributed by atoms with E-state index in [2.05, 4.69) is 13.0 Å². The fraction of sp³-hybridized carbons (Fsp3) is 0.667. The van der Waals surface area contributed by atoms with Crippen molar-refractivity contribution < 1.29 is 0 Å². The molecular formula is C6H12Cl2Si. The molecule has 0 aliphatic heterocycles. The summed E-state index contributed by atoms with van der Waals surface area (Å²) in [6.07, 6.45) is 4.31. The normalized spacial score (nSPS) is 12.9. The van der Waals surface area contributed by atoms with Crippen molar-refractivity contribution in [1.82, 2.24) is 0 Å². The van der Waals surface area contributed by atoms with Gasteiger partial charge >= 0.3 is 0 Å². The Bertz CT molecular complexity index is 93.7. The Balaban J connectivity index is 3.45. The van der Waals surface area contributed by atoms with E-state index in [4.69, 9.17) is 22.2 Å². The van der Waals surface area contributed by atoms with Crippen molar-refractivity contribution in [2.45, 2.75) is 26.3 Å². The van der Waals surface area contributed by atoms with E-state index in [9.17, 15) is 0 Å². The van der Waals surface area contributed by atoms with E-state index in [0.717, 1.165) is 12.8 Å². The third-order valence-corrected chi connectivity index (χ3v) is 2.44. The molecule has 0 unspecified atom stereocenters. The molecule has 0 aromatic heterocycles. The van der Waals surface area contributed by atoms with Crippen molar-refractivity contribution in [3.8, 4) is 0 Å². The first-order valence-corrected chi connectivity index (χ1v) is 7.72. The minimum Gasteiger partial charge on any atom is -0.141 e. The van der Waals surface area contributed by atoms with E-state index in [1.54, 1.807) is 0 Å². The van der Waals surface area contributed by atoms with Crippen molar-refractivity contribution in [3.63, 3.8) is 0 Å². The van der Waals surface area contributed by atoms with E-state index in [0.29, 0.717) is 0 Å². The van der Waals surface area contributed by atoms with Gasteiger partial charge in [-0.25, -0.2) is 0 Å². The molecule has 0 rings (SSSR count). The highest BCUT2D eigenvalue weighted by Crippen LogP contribution is 2.15. The van der Waals surface area contributed by atoms with Crippen molar-refractivity contribution in [2.75, 3.05) is 0 Å². The Morgan fingerprint density at radius 1 is 1.44 bits per heavy atom. The maximum Gasteiger partial charge on any atom is 0.270 e. The molecule has 0 aromatic carbocycles. The van der Waals surface area contributed by atoms with E-state index >= 15 is 0 Å². The van der Waals surface area contributed by atoms with Crippen molar-refractivity contribution >= 4 is 28.9 Å². The van der Waals surface area contributed by atoms with Crippen LogP contribution in [0.3, 0.4) is 0 Å². The number of allylic oxidation sites excluding steroid dienone is 1. The summed E-state index contributed by atoms with van der Waals surface area (Å²) in [4.78, 5) is 0. The van der Waals surface area contributed by atoms with Crippen LogP contribution in [-0.2, 0) is 0 Å². The quantitative estimate of drug-likeness (QED) is 0.464. The second kappa shape index (κ2) is 4.37.